The van der Waals surface area contributed by atoms with Crippen molar-refractivity contribution in [2.24, 2.45) is 0 Å². The topological polar surface area (TPSA) is 67.3 Å². The van der Waals surface area contributed by atoms with Gasteiger partial charge in [-0.3, -0.25) is 4.79 Å². The molecule has 6 nitrogen and oxygen atoms in total. The first-order chi connectivity index (χ1) is 14.9. The summed E-state index contributed by atoms with van der Waals surface area (Å²) in [5, 5.41) is 3.04. The van der Waals surface area contributed by atoms with Crippen LogP contribution in [0, 0.1) is 0 Å². The summed E-state index contributed by atoms with van der Waals surface area (Å²) in [6.45, 7) is 1.63. The van der Waals surface area contributed by atoms with Gasteiger partial charge in [-0.2, -0.15) is 0 Å². The average Bonchev–Trinajstić information content (AvgIpc) is 2.74. The molecule has 0 spiro atoms. The summed E-state index contributed by atoms with van der Waals surface area (Å²) in [6.07, 6.45) is 3.07. The van der Waals surface area contributed by atoms with Gasteiger partial charge in [-0.05, 0) is 56.2 Å². The summed E-state index contributed by atoms with van der Waals surface area (Å²) in [7, 11) is 0. The zero-order valence-electron chi connectivity index (χ0n) is 17.1. The van der Waals surface area contributed by atoms with E-state index >= 15 is 0 Å². The van der Waals surface area contributed by atoms with Crippen LogP contribution in [-0.2, 0) is 24.1 Å². The molecule has 9 heteroatoms. The van der Waals surface area contributed by atoms with Gasteiger partial charge in [0.1, 0.15) is 17.9 Å². The van der Waals surface area contributed by atoms with Crippen LogP contribution in [0.4, 0.5) is 19.0 Å². The fourth-order valence-electron chi connectivity index (χ4n) is 4.29. The van der Waals surface area contributed by atoms with Crippen molar-refractivity contribution in [2.45, 2.75) is 57.3 Å². The van der Waals surface area contributed by atoms with E-state index in [9.17, 15) is 18.0 Å². The van der Waals surface area contributed by atoms with E-state index in [1.165, 1.54) is 48.4 Å². The molecule has 1 aromatic carbocycles. The Morgan fingerprint density at radius 1 is 1.10 bits per heavy atom. The van der Waals surface area contributed by atoms with Crippen molar-refractivity contribution in [2.75, 3.05) is 18.0 Å². The van der Waals surface area contributed by atoms with E-state index in [0.717, 1.165) is 44.6 Å². The van der Waals surface area contributed by atoms with E-state index in [-0.39, 0.29) is 24.1 Å². The van der Waals surface area contributed by atoms with Crippen LogP contribution in [0.5, 0.6) is 5.75 Å². The SMILES string of the molecule is O=C(Cc1ccc(OC(F)(F)F)cc1)NC1CCN(c2ncnc3c2CCCC3)CC1. The van der Waals surface area contributed by atoms with Crippen molar-refractivity contribution in [1.29, 1.82) is 0 Å². The minimum atomic E-state index is -4.72. The van der Waals surface area contributed by atoms with Crippen molar-refractivity contribution in [3.05, 3.63) is 47.4 Å². The number of hydrogen-bond acceptors (Lipinski definition) is 5. The van der Waals surface area contributed by atoms with Crippen molar-refractivity contribution < 1.29 is 22.7 Å². The molecule has 0 saturated carbocycles. The molecule has 31 heavy (non-hydrogen) atoms. The Bertz CT molecular complexity index is 910. The molecule has 1 aliphatic carbocycles. The van der Waals surface area contributed by atoms with Crippen LogP contribution in [0.3, 0.4) is 0 Å². The van der Waals surface area contributed by atoms with Crippen LogP contribution in [0.25, 0.3) is 0 Å². The first-order valence-corrected chi connectivity index (χ1v) is 10.6. The second-order valence-corrected chi connectivity index (χ2v) is 8.03. The minimum absolute atomic E-state index is 0.0780. The van der Waals surface area contributed by atoms with Gasteiger partial charge < -0.3 is 15.0 Å². The van der Waals surface area contributed by atoms with Gasteiger partial charge in [0.2, 0.25) is 5.91 Å². The second kappa shape index (κ2) is 9.11. The number of carbonyl (C=O) groups is 1. The monoisotopic (exact) mass is 434 g/mol. The van der Waals surface area contributed by atoms with Crippen LogP contribution >= 0.6 is 0 Å². The molecule has 2 aliphatic rings. The number of fused-ring (bicyclic) bond motifs is 1. The summed E-state index contributed by atoms with van der Waals surface area (Å²) in [5.74, 6) is 0.605. The third-order valence-corrected chi connectivity index (χ3v) is 5.78. The average molecular weight is 434 g/mol. The number of aromatic nitrogens is 2. The van der Waals surface area contributed by atoms with E-state index in [0.29, 0.717) is 5.56 Å². The molecular weight excluding hydrogens is 409 g/mol. The Balaban J connectivity index is 1.27. The fraction of sp³-hybridized carbons (Fsp3) is 0.500. The number of ether oxygens (including phenoxy) is 1. The van der Waals surface area contributed by atoms with Gasteiger partial charge in [0.25, 0.3) is 0 Å². The molecule has 0 atom stereocenters. The van der Waals surface area contributed by atoms with Crippen LogP contribution in [0.15, 0.2) is 30.6 Å². The lowest BCUT2D eigenvalue weighted by Crippen LogP contribution is -2.45. The molecule has 1 aromatic heterocycles. The summed E-state index contributed by atoms with van der Waals surface area (Å²) >= 11 is 0. The number of benzene rings is 1. The fourth-order valence-corrected chi connectivity index (χ4v) is 4.29. The van der Waals surface area contributed by atoms with Crippen molar-refractivity contribution >= 4 is 11.7 Å². The predicted octanol–water partition coefficient (Wildman–Crippen LogP) is 3.58. The third-order valence-electron chi connectivity index (χ3n) is 5.78. The number of nitrogens with zero attached hydrogens (tertiary/aromatic N) is 3. The van der Waals surface area contributed by atoms with Gasteiger partial charge in [-0.15, -0.1) is 13.2 Å². The zero-order valence-corrected chi connectivity index (χ0v) is 17.1. The standard InChI is InChI=1S/C22H25F3N4O2/c23-22(24,25)31-17-7-5-15(6-8-17)13-20(30)28-16-9-11-29(12-10-16)21-18-3-1-2-4-19(18)26-14-27-21/h5-8,14,16H,1-4,9-13H2,(H,28,30). The molecule has 0 unspecified atom stereocenters. The molecule has 1 N–H and O–H groups in total. The highest BCUT2D eigenvalue weighted by molar-refractivity contribution is 5.79. The molecule has 0 radical (unpaired) electrons. The lowest BCUT2D eigenvalue weighted by atomic mass is 9.95. The molecule has 1 fully saturated rings. The molecule has 0 bridgehead atoms. The molecule has 1 saturated heterocycles. The largest absolute Gasteiger partial charge is 0.573 e. The zero-order chi connectivity index (χ0) is 21.8. The van der Waals surface area contributed by atoms with Crippen molar-refractivity contribution in [3.8, 4) is 5.75 Å². The van der Waals surface area contributed by atoms with Gasteiger partial charge in [0, 0.05) is 30.4 Å². The second-order valence-electron chi connectivity index (χ2n) is 8.03. The highest BCUT2D eigenvalue weighted by Gasteiger charge is 2.31. The van der Waals surface area contributed by atoms with E-state index in [1.54, 1.807) is 6.33 Å². The number of halogens is 3. The number of carbonyl (C=O) groups excluding carboxylic acids is 1. The quantitative estimate of drug-likeness (QED) is 0.779. The number of anilines is 1. The van der Waals surface area contributed by atoms with Crippen LogP contribution < -0.4 is 15.0 Å². The highest BCUT2D eigenvalue weighted by atomic mass is 19.4. The van der Waals surface area contributed by atoms with Crippen LogP contribution in [0.1, 0.15) is 42.5 Å². The van der Waals surface area contributed by atoms with E-state index in [4.69, 9.17) is 0 Å². The number of nitrogens with one attached hydrogen (secondary N) is 1. The number of rotatable bonds is 5. The minimum Gasteiger partial charge on any atom is -0.406 e. The number of alkyl halides is 3. The molecule has 1 aliphatic heterocycles. The Morgan fingerprint density at radius 3 is 2.52 bits per heavy atom. The number of piperidine rings is 1. The summed E-state index contributed by atoms with van der Waals surface area (Å²) in [5.41, 5.74) is 3.07. The van der Waals surface area contributed by atoms with Gasteiger partial charge in [-0.25, -0.2) is 9.97 Å². The molecular formula is C22H25F3N4O2. The van der Waals surface area contributed by atoms with E-state index in [2.05, 4.69) is 24.9 Å². The molecule has 166 valence electrons. The highest BCUT2D eigenvalue weighted by Crippen LogP contribution is 2.29. The lowest BCUT2D eigenvalue weighted by molar-refractivity contribution is -0.274. The molecule has 2 aromatic rings. The maximum absolute atomic E-state index is 12.4. The van der Waals surface area contributed by atoms with Crippen LogP contribution in [-0.4, -0.2) is 41.4 Å². The van der Waals surface area contributed by atoms with Crippen molar-refractivity contribution in [1.82, 2.24) is 15.3 Å². The number of hydrogen-bond donors (Lipinski definition) is 1. The summed E-state index contributed by atoms with van der Waals surface area (Å²) in [4.78, 5) is 23.6. The Labute approximate surface area is 178 Å². The van der Waals surface area contributed by atoms with Gasteiger partial charge in [-0.1, -0.05) is 12.1 Å². The number of aryl methyl sites for hydroxylation is 1. The van der Waals surface area contributed by atoms with E-state index in [1.807, 2.05) is 0 Å². The Morgan fingerprint density at radius 2 is 1.81 bits per heavy atom. The first-order valence-electron chi connectivity index (χ1n) is 10.6. The van der Waals surface area contributed by atoms with Crippen LogP contribution in [0.2, 0.25) is 0 Å². The lowest BCUT2D eigenvalue weighted by Gasteiger charge is -2.35. The van der Waals surface area contributed by atoms with E-state index < -0.39 is 6.36 Å². The summed E-state index contributed by atoms with van der Waals surface area (Å²) < 4.78 is 40.6. The normalized spacial score (nSPS) is 17.2. The summed E-state index contributed by atoms with van der Waals surface area (Å²) in [6, 6.07) is 5.46. The number of amides is 1. The maximum atomic E-state index is 12.4. The van der Waals surface area contributed by atoms with Gasteiger partial charge >= 0.3 is 6.36 Å². The maximum Gasteiger partial charge on any atom is 0.573 e. The molecule has 2 heterocycles. The Kier molecular flexibility index (Phi) is 6.29. The molecule has 1 amide bonds. The predicted molar refractivity (Wildman–Crippen MR) is 109 cm³/mol. The van der Waals surface area contributed by atoms with Gasteiger partial charge in [0.05, 0.1) is 6.42 Å². The first kappa shape index (κ1) is 21.4. The smallest absolute Gasteiger partial charge is 0.406 e. The van der Waals surface area contributed by atoms with Crippen molar-refractivity contribution in [3.63, 3.8) is 0 Å². The van der Waals surface area contributed by atoms with Gasteiger partial charge in [0.15, 0.2) is 0 Å². The third kappa shape index (κ3) is 5.65. The Hall–Kier alpha value is -2.84. The molecule has 4 rings (SSSR count).